The highest BCUT2D eigenvalue weighted by atomic mass is 16.7. The normalized spacial score (nSPS) is 14.0. The molecule has 2 N–H and O–H groups in total. The number of hydroxylamine groups is 1. The highest BCUT2D eigenvalue weighted by Gasteiger charge is 2.36. The lowest BCUT2D eigenvalue weighted by atomic mass is 10.1. The van der Waals surface area contributed by atoms with Gasteiger partial charge in [0.1, 0.15) is 5.69 Å². The van der Waals surface area contributed by atoms with Crippen LogP contribution in [0, 0.1) is 0 Å². The average molecular weight is 389 g/mol. The number of para-hydroxylation sites is 1. The number of nitrogens with one attached hydrogen (secondary N) is 2. The number of hydrazone groups is 1. The molecule has 4 rings (SSSR count). The van der Waals surface area contributed by atoms with E-state index in [9.17, 15) is 14.4 Å². The van der Waals surface area contributed by atoms with E-state index in [1.165, 1.54) is 6.92 Å². The Morgan fingerprint density at radius 1 is 1.10 bits per heavy atom. The SMILES string of the molecule is CC(=O)ON1C(=O)C(=NNC(=O)c2cc(-c3ccccc3)n[nH]2)c2ccccc21. The zero-order valence-corrected chi connectivity index (χ0v) is 15.2. The maximum atomic E-state index is 12.6. The van der Waals surface area contributed by atoms with E-state index in [1.54, 1.807) is 30.3 Å². The topological polar surface area (TPSA) is 117 Å². The fraction of sp³-hybridized carbons (Fsp3) is 0.0500. The Morgan fingerprint density at radius 3 is 2.59 bits per heavy atom. The van der Waals surface area contributed by atoms with Gasteiger partial charge < -0.3 is 4.84 Å². The molecule has 0 radical (unpaired) electrons. The van der Waals surface area contributed by atoms with Gasteiger partial charge in [-0.2, -0.15) is 10.2 Å². The number of aromatic amines is 1. The number of anilines is 1. The summed E-state index contributed by atoms with van der Waals surface area (Å²) >= 11 is 0. The van der Waals surface area contributed by atoms with Gasteiger partial charge in [-0.15, -0.1) is 5.06 Å². The van der Waals surface area contributed by atoms with Crippen LogP contribution >= 0.6 is 0 Å². The van der Waals surface area contributed by atoms with Crippen molar-refractivity contribution in [3.8, 4) is 11.3 Å². The number of fused-ring (bicyclic) bond motifs is 1. The third kappa shape index (κ3) is 3.48. The lowest BCUT2D eigenvalue weighted by Crippen LogP contribution is -2.33. The Balaban J connectivity index is 1.56. The van der Waals surface area contributed by atoms with Gasteiger partial charge in [-0.3, -0.25) is 14.7 Å². The maximum absolute atomic E-state index is 12.6. The Labute approximate surface area is 164 Å². The maximum Gasteiger partial charge on any atom is 0.330 e. The molecular formula is C20H15N5O4. The third-order valence-corrected chi connectivity index (χ3v) is 4.15. The van der Waals surface area contributed by atoms with Gasteiger partial charge in [-0.05, 0) is 12.1 Å². The molecule has 2 heterocycles. The Kier molecular flexibility index (Phi) is 4.62. The van der Waals surface area contributed by atoms with Crippen molar-refractivity contribution in [2.75, 3.05) is 5.06 Å². The Morgan fingerprint density at radius 2 is 1.83 bits per heavy atom. The van der Waals surface area contributed by atoms with Gasteiger partial charge in [0.15, 0.2) is 5.71 Å². The first-order chi connectivity index (χ1) is 14.0. The fourth-order valence-corrected chi connectivity index (χ4v) is 2.86. The zero-order chi connectivity index (χ0) is 20.4. The van der Waals surface area contributed by atoms with E-state index in [1.807, 2.05) is 30.3 Å². The van der Waals surface area contributed by atoms with Crippen LogP contribution in [0.2, 0.25) is 0 Å². The van der Waals surface area contributed by atoms with E-state index in [-0.39, 0.29) is 11.4 Å². The Bertz CT molecular complexity index is 1140. The second-order valence-corrected chi connectivity index (χ2v) is 6.13. The summed E-state index contributed by atoms with van der Waals surface area (Å²) in [5.41, 5.74) is 4.75. The number of H-pyrrole nitrogens is 1. The number of rotatable bonds is 4. The quantitative estimate of drug-likeness (QED) is 0.662. The molecule has 0 saturated heterocycles. The summed E-state index contributed by atoms with van der Waals surface area (Å²) < 4.78 is 0. The van der Waals surface area contributed by atoms with Crippen molar-refractivity contribution in [2.45, 2.75) is 6.92 Å². The number of hydrogen-bond acceptors (Lipinski definition) is 6. The van der Waals surface area contributed by atoms with Crippen molar-refractivity contribution in [3.05, 3.63) is 71.9 Å². The van der Waals surface area contributed by atoms with Crippen LogP contribution in [0.1, 0.15) is 23.0 Å². The van der Waals surface area contributed by atoms with E-state index in [4.69, 9.17) is 4.84 Å². The minimum Gasteiger partial charge on any atom is -0.333 e. The van der Waals surface area contributed by atoms with Crippen molar-refractivity contribution >= 4 is 29.2 Å². The first-order valence-corrected chi connectivity index (χ1v) is 8.66. The van der Waals surface area contributed by atoms with Gasteiger partial charge in [-0.1, -0.05) is 48.5 Å². The molecule has 9 nitrogen and oxygen atoms in total. The van der Waals surface area contributed by atoms with Crippen molar-refractivity contribution in [1.29, 1.82) is 0 Å². The summed E-state index contributed by atoms with van der Waals surface area (Å²) in [5.74, 6) is -1.87. The van der Waals surface area contributed by atoms with Gasteiger partial charge in [0.25, 0.3) is 5.91 Å². The van der Waals surface area contributed by atoms with Crippen LogP contribution in [0.3, 0.4) is 0 Å². The zero-order valence-electron chi connectivity index (χ0n) is 15.2. The van der Waals surface area contributed by atoms with Crippen LogP contribution in [0.5, 0.6) is 0 Å². The second kappa shape index (κ2) is 7.39. The number of nitrogens with zero attached hydrogens (tertiary/aromatic N) is 3. The third-order valence-electron chi connectivity index (χ3n) is 4.15. The summed E-state index contributed by atoms with van der Waals surface area (Å²) in [6.45, 7) is 1.19. The minimum absolute atomic E-state index is 0.0435. The second-order valence-electron chi connectivity index (χ2n) is 6.13. The number of carbonyl (C=O) groups is 3. The smallest absolute Gasteiger partial charge is 0.330 e. The van der Waals surface area contributed by atoms with Crippen LogP contribution in [-0.4, -0.2) is 33.7 Å². The largest absolute Gasteiger partial charge is 0.333 e. The van der Waals surface area contributed by atoms with Gasteiger partial charge in [0.05, 0.1) is 11.4 Å². The molecule has 0 aliphatic carbocycles. The molecule has 0 saturated carbocycles. The summed E-state index contributed by atoms with van der Waals surface area (Å²) in [5, 5.41) is 11.6. The van der Waals surface area contributed by atoms with Gasteiger partial charge in [-0.25, -0.2) is 10.2 Å². The number of benzene rings is 2. The standard InChI is InChI=1S/C20H15N5O4/c1-12(26)29-25-17-10-6-5-9-14(17)18(20(25)28)23-24-19(27)16-11-15(21-22-16)13-7-3-2-4-8-13/h2-11H,1H3,(H,21,22)(H,24,27). The first kappa shape index (κ1) is 18.1. The van der Waals surface area contributed by atoms with Crippen molar-refractivity contribution < 1.29 is 19.2 Å². The molecule has 0 fully saturated rings. The van der Waals surface area contributed by atoms with E-state index >= 15 is 0 Å². The highest BCUT2D eigenvalue weighted by molar-refractivity contribution is 6.54. The molecule has 3 aromatic rings. The molecule has 2 amide bonds. The van der Waals surface area contributed by atoms with Gasteiger partial charge >= 0.3 is 11.9 Å². The number of carbonyl (C=O) groups excluding carboxylic acids is 3. The number of aromatic nitrogens is 2. The molecule has 1 aromatic heterocycles. The molecule has 2 aromatic carbocycles. The predicted molar refractivity (Wildman–Crippen MR) is 104 cm³/mol. The van der Waals surface area contributed by atoms with Crippen LogP contribution in [-0.2, 0) is 14.4 Å². The van der Waals surface area contributed by atoms with Crippen molar-refractivity contribution in [2.24, 2.45) is 5.10 Å². The lowest BCUT2D eigenvalue weighted by Gasteiger charge is -2.13. The molecule has 0 bridgehead atoms. The van der Waals surface area contributed by atoms with E-state index in [0.717, 1.165) is 10.6 Å². The molecule has 1 aliphatic rings. The van der Waals surface area contributed by atoms with E-state index < -0.39 is 17.8 Å². The molecule has 0 spiro atoms. The van der Waals surface area contributed by atoms with Crippen LogP contribution in [0.4, 0.5) is 5.69 Å². The van der Waals surface area contributed by atoms with Crippen molar-refractivity contribution in [1.82, 2.24) is 15.6 Å². The molecule has 0 atom stereocenters. The summed E-state index contributed by atoms with van der Waals surface area (Å²) in [6, 6.07) is 17.6. The van der Waals surface area contributed by atoms with Gasteiger partial charge in [0.2, 0.25) is 0 Å². The Hall–Kier alpha value is -4.27. The highest BCUT2D eigenvalue weighted by Crippen LogP contribution is 2.29. The molecule has 29 heavy (non-hydrogen) atoms. The lowest BCUT2D eigenvalue weighted by molar-refractivity contribution is -0.146. The average Bonchev–Trinajstić information content (AvgIpc) is 3.32. The number of hydrogen-bond donors (Lipinski definition) is 2. The van der Waals surface area contributed by atoms with E-state index in [0.29, 0.717) is 16.9 Å². The molecule has 0 unspecified atom stereocenters. The van der Waals surface area contributed by atoms with E-state index in [2.05, 4.69) is 20.7 Å². The molecular weight excluding hydrogens is 374 g/mol. The minimum atomic E-state index is -0.656. The predicted octanol–water partition coefficient (Wildman–Crippen LogP) is 2.04. The number of amides is 2. The van der Waals surface area contributed by atoms with Crippen LogP contribution < -0.4 is 10.5 Å². The molecule has 1 aliphatic heterocycles. The molecule has 144 valence electrons. The van der Waals surface area contributed by atoms with Gasteiger partial charge in [0, 0.05) is 18.1 Å². The van der Waals surface area contributed by atoms with Crippen LogP contribution in [0.25, 0.3) is 11.3 Å². The first-order valence-electron chi connectivity index (χ1n) is 8.66. The van der Waals surface area contributed by atoms with Crippen LogP contribution in [0.15, 0.2) is 65.8 Å². The summed E-state index contributed by atoms with van der Waals surface area (Å²) in [6.07, 6.45) is 0. The summed E-state index contributed by atoms with van der Waals surface area (Å²) in [4.78, 5) is 41.3. The summed E-state index contributed by atoms with van der Waals surface area (Å²) in [7, 11) is 0. The monoisotopic (exact) mass is 389 g/mol. The fourth-order valence-electron chi connectivity index (χ4n) is 2.86. The molecule has 9 heteroatoms. The van der Waals surface area contributed by atoms with Crippen molar-refractivity contribution in [3.63, 3.8) is 0 Å².